The summed E-state index contributed by atoms with van der Waals surface area (Å²) in [6.07, 6.45) is 2.80. The van der Waals surface area contributed by atoms with Gasteiger partial charge in [-0.25, -0.2) is 0 Å². The molecule has 1 saturated carbocycles. The second-order valence-electron chi connectivity index (χ2n) is 5.16. The minimum absolute atomic E-state index is 0.176. The summed E-state index contributed by atoms with van der Waals surface area (Å²) in [4.78, 5) is 0. The predicted molar refractivity (Wildman–Crippen MR) is 95.3 cm³/mol. The van der Waals surface area contributed by atoms with Gasteiger partial charge in [0.15, 0.2) is 0 Å². The molecule has 2 nitrogen and oxygen atoms in total. The molecule has 1 fully saturated rings. The van der Waals surface area contributed by atoms with Gasteiger partial charge in [-0.3, -0.25) is 0 Å². The molecule has 1 aliphatic carbocycles. The Balaban J connectivity index is 1.90. The van der Waals surface area contributed by atoms with Crippen molar-refractivity contribution in [3.63, 3.8) is 0 Å². The van der Waals surface area contributed by atoms with Crippen molar-refractivity contribution in [3.05, 3.63) is 49.0 Å². The predicted octanol–water partition coefficient (Wildman–Crippen LogP) is 5.51. The Bertz CT molecular complexity index is 624. The summed E-state index contributed by atoms with van der Waals surface area (Å²) >= 11 is 8.94. The van der Waals surface area contributed by atoms with Crippen molar-refractivity contribution < 1.29 is 4.74 Å². The molecule has 1 aromatic carbocycles. The minimum atomic E-state index is 0.176. The van der Waals surface area contributed by atoms with Crippen LogP contribution in [0.15, 0.2) is 37.9 Å². The fraction of sp³-hybridized carbons (Fsp3) is 0.375. The van der Waals surface area contributed by atoms with E-state index in [-0.39, 0.29) is 6.04 Å². The lowest BCUT2D eigenvalue weighted by Crippen LogP contribution is -2.21. The summed E-state index contributed by atoms with van der Waals surface area (Å²) in [5.41, 5.74) is 2.50. The molecule has 0 bridgehead atoms. The van der Waals surface area contributed by atoms with Gasteiger partial charge in [-0.15, -0.1) is 11.3 Å². The lowest BCUT2D eigenvalue weighted by atomic mass is 10.0. The molecule has 21 heavy (non-hydrogen) atoms. The van der Waals surface area contributed by atoms with Gasteiger partial charge < -0.3 is 10.1 Å². The van der Waals surface area contributed by atoms with Gasteiger partial charge in [0, 0.05) is 0 Å². The van der Waals surface area contributed by atoms with Gasteiger partial charge in [0.25, 0.3) is 0 Å². The van der Waals surface area contributed by atoms with Gasteiger partial charge in [-0.2, -0.15) is 0 Å². The van der Waals surface area contributed by atoms with Gasteiger partial charge in [0.1, 0.15) is 5.75 Å². The third kappa shape index (κ3) is 3.89. The molecule has 0 radical (unpaired) electrons. The molecule has 1 heterocycles. The first-order valence-electron chi connectivity index (χ1n) is 7.12. The van der Waals surface area contributed by atoms with E-state index >= 15 is 0 Å². The quantitative estimate of drug-likeness (QED) is 0.651. The Kier molecular flexibility index (Phi) is 5.04. The smallest absolute Gasteiger partial charge is 0.120 e. The molecule has 0 amide bonds. The number of rotatable bonds is 6. The first-order valence-corrected chi connectivity index (χ1v) is 9.52. The molecule has 5 heteroatoms. The summed E-state index contributed by atoms with van der Waals surface area (Å²) in [5, 5.41) is 3.57. The van der Waals surface area contributed by atoms with Crippen LogP contribution in [0.5, 0.6) is 5.75 Å². The second-order valence-corrected chi connectivity index (χ2v) is 8.91. The van der Waals surface area contributed by atoms with Crippen LogP contribution in [0, 0.1) is 0 Å². The van der Waals surface area contributed by atoms with Gasteiger partial charge in [0.2, 0.25) is 0 Å². The largest absolute Gasteiger partial charge is 0.490 e. The van der Waals surface area contributed by atoms with Gasteiger partial charge in [-0.1, -0.05) is 19.1 Å². The number of hydrogen-bond acceptors (Lipinski definition) is 3. The van der Waals surface area contributed by atoms with Crippen LogP contribution in [0.2, 0.25) is 0 Å². The van der Waals surface area contributed by atoms with Crippen molar-refractivity contribution >= 4 is 43.2 Å². The molecule has 0 saturated heterocycles. The van der Waals surface area contributed by atoms with Crippen molar-refractivity contribution in [2.24, 2.45) is 0 Å². The number of thiophene rings is 1. The highest BCUT2D eigenvalue weighted by atomic mass is 79.9. The average Bonchev–Trinajstić information content (AvgIpc) is 3.20. The Morgan fingerprint density at radius 3 is 2.76 bits per heavy atom. The number of benzene rings is 1. The first kappa shape index (κ1) is 15.5. The van der Waals surface area contributed by atoms with Crippen LogP contribution >= 0.6 is 43.2 Å². The zero-order valence-electron chi connectivity index (χ0n) is 11.7. The Hall–Kier alpha value is -0.360. The Morgan fingerprint density at radius 1 is 1.33 bits per heavy atom. The number of hydrogen-bond donors (Lipinski definition) is 1. The maximum atomic E-state index is 5.92. The standard InChI is InChI=1S/C16H17Br2NOS/c1-2-19-15(13-9-14(17)21-16(13)18)10-4-3-5-12(8-10)20-11-6-7-11/h3-5,8-9,11,15,19H,2,6-7H2,1H3. The van der Waals surface area contributed by atoms with Gasteiger partial charge in [-0.05, 0) is 80.6 Å². The number of ether oxygens (including phenoxy) is 1. The Morgan fingerprint density at radius 2 is 2.14 bits per heavy atom. The van der Waals surface area contributed by atoms with Crippen LogP contribution in [0.25, 0.3) is 0 Å². The SMILES string of the molecule is CCNC(c1cccc(OC2CC2)c1)c1cc(Br)sc1Br. The van der Waals surface area contributed by atoms with E-state index in [0.717, 1.165) is 19.9 Å². The normalized spacial score (nSPS) is 16.0. The van der Waals surface area contributed by atoms with Crippen molar-refractivity contribution in [3.8, 4) is 5.75 Å². The highest BCUT2D eigenvalue weighted by Crippen LogP contribution is 2.38. The van der Waals surface area contributed by atoms with Crippen molar-refractivity contribution in [1.82, 2.24) is 5.32 Å². The topological polar surface area (TPSA) is 21.3 Å². The maximum absolute atomic E-state index is 5.92. The molecule has 0 spiro atoms. The maximum Gasteiger partial charge on any atom is 0.120 e. The van der Waals surface area contributed by atoms with E-state index in [9.17, 15) is 0 Å². The Labute approximate surface area is 146 Å². The van der Waals surface area contributed by atoms with E-state index in [1.807, 2.05) is 6.07 Å². The number of nitrogens with one attached hydrogen (secondary N) is 1. The molecule has 112 valence electrons. The molecule has 0 aliphatic heterocycles. The molecule has 3 rings (SSSR count). The van der Waals surface area contributed by atoms with Crippen LogP contribution in [-0.2, 0) is 0 Å². The van der Waals surface area contributed by atoms with E-state index in [1.165, 1.54) is 24.0 Å². The van der Waals surface area contributed by atoms with Crippen molar-refractivity contribution in [1.29, 1.82) is 0 Å². The van der Waals surface area contributed by atoms with E-state index in [4.69, 9.17) is 4.74 Å². The highest BCUT2D eigenvalue weighted by Gasteiger charge is 2.24. The molecule has 1 N–H and O–H groups in total. The number of halogens is 2. The van der Waals surface area contributed by atoms with Crippen molar-refractivity contribution in [2.45, 2.75) is 31.9 Å². The van der Waals surface area contributed by atoms with Gasteiger partial charge in [0.05, 0.1) is 19.7 Å². The molecule has 1 aliphatic rings. The molecular formula is C16H17Br2NOS. The fourth-order valence-corrected chi connectivity index (χ4v) is 5.21. The molecular weight excluding hydrogens is 414 g/mol. The van der Waals surface area contributed by atoms with Crippen LogP contribution < -0.4 is 10.1 Å². The molecule has 2 aromatic rings. The van der Waals surface area contributed by atoms with Gasteiger partial charge >= 0.3 is 0 Å². The minimum Gasteiger partial charge on any atom is -0.490 e. The van der Waals surface area contributed by atoms with E-state index < -0.39 is 0 Å². The zero-order valence-corrected chi connectivity index (χ0v) is 15.7. The summed E-state index contributed by atoms with van der Waals surface area (Å²) in [6.45, 7) is 3.05. The third-order valence-corrected chi connectivity index (χ3v) is 5.81. The zero-order chi connectivity index (χ0) is 14.8. The lowest BCUT2D eigenvalue weighted by molar-refractivity contribution is 0.302. The van der Waals surface area contributed by atoms with E-state index in [0.29, 0.717) is 6.10 Å². The lowest BCUT2D eigenvalue weighted by Gasteiger charge is -2.19. The van der Waals surface area contributed by atoms with Crippen LogP contribution in [-0.4, -0.2) is 12.6 Å². The van der Waals surface area contributed by atoms with Crippen LogP contribution in [0.3, 0.4) is 0 Å². The van der Waals surface area contributed by atoms with Crippen molar-refractivity contribution in [2.75, 3.05) is 6.54 Å². The first-order chi connectivity index (χ1) is 10.2. The summed E-state index contributed by atoms with van der Waals surface area (Å²) in [6, 6.07) is 10.8. The average molecular weight is 431 g/mol. The highest BCUT2D eigenvalue weighted by molar-refractivity contribution is 9.12. The van der Waals surface area contributed by atoms with Crippen LogP contribution in [0.4, 0.5) is 0 Å². The third-order valence-electron chi connectivity index (χ3n) is 3.42. The summed E-state index contributed by atoms with van der Waals surface area (Å²) in [7, 11) is 0. The summed E-state index contributed by atoms with van der Waals surface area (Å²) < 4.78 is 8.22. The van der Waals surface area contributed by atoms with Crippen LogP contribution in [0.1, 0.15) is 36.9 Å². The van der Waals surface area contributed by atoms with E-state index in [1.54, 1.807) is 11.3 Å². The molecule has 1 unspecified atom stereocenters. The van der Waals surface area contributed by atoms with E-state index in [2.05, 4.69) is 68.4 Å². The fourth-order valence-electron chi connectivity index (χ4n) is 2.31. The monoisotopic (exact) mass is 429 g/mol. The summed E-state index contributed by atoms with van der Waals surface area (Å²) in [5.74, 6) is 0.975. The second kappa shape index (κ2) is 6.82. The molecule has 1 aromatic heterocycles. The molecule has 1 atom stereocenters.